The first-order chi connectivity index (χ1) is 8.41. The third-order valence-corrected chi connectivity index (χ3v) is 4.35. The Morgan fingerprint density at radius 1 is 1.22 bits per heavy atom. The smallest absolute Gasteiger partial charge is 0.178 e. The van der Waals surface area contributed by atoms with Gasteiger partial charge in [-0.25, -0.2) is 17.2 Å². The van der Waals surface area contributed by atoms with E-state index in [4.69, 9.17) is 0 Å². The molecule has 100 valence electrons. The molecule has 0 radical (unpaired) electrons. The summed E-state index contributed by atoms with van der Waals surface area (Å²) < 4.78 is 50.8. The van der Waals surface area contributed by atoms with E-state index >= 15 is 0 Å². The predicted molar refractivity (Wildman–Crippen MR) is 64.3 cm³/mol. The van der Waals surface area contributed by atoms with Gasteiger partial charge in [0, 0.05) is 11.8 Å². The van der Waals surface area contributed by atoms with E-state index in [0.29, 0.717) is 25.9 Å². The van der Waals surface area contributed by atoms with Crippen LogP contribution >= 0.6 is 0 Å². The van der Waals surface area contributed by atoms with Gasteiger partial charge in [0.1, 0.15) is 16.5 Å². The van der Waals surface area contributed by atoms with Crippen LogP contribution in [0.4, 0.5) is 8.78 Å². The molecule has 18 heavy (non-hydrogen) atoms. The van der Waals surface area contributed by atoms with Crippen molar-refractivity contribution in [2.45, 2.75) is 23.7 Å². The first kappa shape index (κ1) is 13.4. The summed E-state index contributed by atoms with van der Waals surface area (Å²) >= 11 is 0. The number of sulfone groups is 1. The molecule has 1 heterocycles. The minimum atomic E-state index is -3.67. The molecule has 0 aromatic heterocycles. The van der Waals surface area contributed by atoms with E-state index in [0.717, 1.165) is 18.4 Å². The molecule has 1 aliphatic heterocycles. The van der Waals surface area contributed by atoms with Crippen molar-refractivity contribution in [1.82, 2.24) is 5.32 Å². The summed E-state index contributed by atoms with van der Waals surface area (Å²) in [6.45, 7) is 1.37. The summed E-state index contributed by atoms with van der Waals surface area (Å²) in [5.41, 5.74) is -0.0839. The monoisotopic (exact) mass is 275 g/mol. The average molecular weight is 275 g/mol. The van der Waals surface area contributed by atoms with Crippen molar-refractivity contribution >= 4 is 9.84 Å². The van der Waals surface area contributed by atoms with E-state index in [1.54, 1.807) is 0 Å². The van der Waals surface area contributed by atoms with Crippen molar-refractivity contribution in [3.8, 4) is 0 Å². The summed E-state index contributed by atoms with van der Waals surface area (Å²) in [6, 6.07) is 2.03. The number of halogens is 2. The molecule has 0 spiro atoms. The molecule has 1 N–H and O–H groups in total. The van der Waals surface area contributed by atoms with E-state index in [-0.39, 0.29) is 11.5 Å². The molecular weight excluding hydrogens is 260 g/mol. The van der Waals surface area contributed by atoms with Gasteiger partial charge in [-0.3, -0.25) is 0 Å². The second kappa shape index (κ2) is 4.93. The van der Waals surface area contributed by atoms with Crippen molar-refractivity contribution in [1.29, 1.82) is 0 Å². The third-order valence-electron chi connectivity index (χ3n) is 3.24. The number of rotatable bonds is 2. The fourth-order valence-electron chi connectivity index (χ4n) is 2.32. The first-order valence-corrected chi connectivity index (χ1v) is 7.69. The van der Waals surface area contributed by atoms with Crippen molar-refractivity contribution in [3.05, 3.63) is 29.3 Å². The van der Waals surface area contributed by atoms with Crippen LogP contribution in [-0.4, -0.2) is 27.8 Å². The lowest BCUT2D eigenvalue weighted by molar-refractivity contribution is 0.421. The van der Waals surface area contributed by atoms with Gasteiger partial charge in [0.25, 0.3) is 0 Å². The van der Waals surface area contributed by atoms with Crippen molar-refractivity contribution < 1.29 is 17.2 Å². The maximum atomic E-state index is 14.2. The summed E-state index contributed by atoms with van der Waals surface area (Å²) in [6.07, 6.45) is 2.15. The molecule has 3 nitrogen and oxygen atoms in total. The van der Waals surface area contributed by atoms with Crippen LogP contribution in [0.3, 0.4) is 0 Å². The number of piperidine rings is 1. The zero-order valence-corrected chi connectivity index (χ0v) is 10.9. The van der Waals surface area contributed by atoms with E-state index < -0.39 is 26.4 Å². The third kappa shape index (κ3) is 2.54. The maximum Gasteiger partial charge on any atom is 0.178 e. The maximum absolute atomic E-state index is 14.2. The van der Waals surface area contributed by atoms with Gasteiger partial charge in [0.15, 0.2) is 9.84 Å². The molecule has 0 unspecified atom stereocenters. The van der Waals surface area contributed by atoms with Gasteiger partial charge in [0.05, 0.1) is 0 Å². The highest BCUT2D eigenvalue weighted by Gasteiger charge is 2.26. The van der Waals surface area contributed by atoms with E-state index in [9.17, 15) is 17.2 Å². The van der Waals surface area contributed by atoms with Crippen molar-refractivity contribution in [2.75, 3.05) is 19.3 Å². The molecule has 2 rings (SSSR count). The molecule has 1 aromatic rings. The Bertz CT molecular complexity index is 551. The summed E-state index contributed by atoms with van der Waals surface area (Å²) in [4.78, 5) is -0.419. The fraction of sp³-hybridized carbons (Fsp3) is 0.500. The lowest BCUT2D eigenvalue weighted by Gasteiger charge is -2.24. The van der Waals surface area contributed by atoms with E-state index in [1.807, 2.05) is 0 Å². The Hall–Kier alpha value is -1.01. The number of hydrogen-bond acceptors (Lipinski definition) is 3. The molecule has 0 saturated carbocycles. The van der Waals surface area contributed by atoms with Crippen LogP contribution < -0.4 is 5.32 Å². The Balaban J connectivity index is 2.52. The molecule has 0 bridgehead atoms. The van der Waals surface area contributed by atoms with Gasteiger partial charge in [-0.05, 0) is 44.0 Å². The quantitative estimate of drug-likeness (QED) is 0.838. The van der Waals surface area contributed by atoms with Crippen LogP contribution in [0, 0.1) is 11.6 Å². The topological polar surface area (TPSA) is 46.2 Å². The van der Waals surface area contributed by atoms with Gasteiger partial charge < -0.3 is 5.32 Å². The van der Waals surface area contributed by atoms with Crippen LogP contribution in [-0.2, 0) is 9.84 Å². The predicted octanol–water partition coefficient (Wildman–Crippen LogP) is 1.84. The number of hydrogen-bond donors (Lipinski definition) is 1. The van der Waals surface area contributed by atoms with Gasteiger partial charge in [-0.1, -0.05) is 0 Å². The Kier molecular flexibility index (Phi) is 3.68. The minimum absolute atomic E-state index is 0.0839. The normalized spacial score (nSPS) is 17.9. The molecule has 0 atom stereocenters. The van der Waals surface area contributed by atoms with Crippen LogP contribution in [0.15, 0.2) is 17.0 Å². The zero-order valence-electron chi connectivity index (χ0n) is 10.0. The van der Waals surface area contributed by atoms with Crippen LogP contribution in [0.1, 0.15) is 24.3 Å². The number of nitrogens with one attached hydrogen (secondary N) is 1. The second-order valence-electron chi connectivity index (χ2n) is 4.57. The average Bonchev–Trinajstić information content (AvgIpc) is 2.28. The largest absolute Gasteiger partial charge is 0.317 e. The molecule has 1 aliphatic rings. The van der Waals surface area contributed by atoms with Gasteiger partial charge >= 0.3 is 0 Å². The van der Waals surface area contributed by atoms with Gasteiger partial charge in [-0.15, -0.1) is 0 Å². The van der Waals surface area contributed by atoms with E-state index in [1.165, 1.54) is 0 Å². The lowest BCUT2D eigenvalue weighted by Crippen LogP contribution is -2.27. The Morgan fingerprint density at radius 2 is 1.83 bits per heavy atom. The highest BCUT2D eigenvalue weighted by molar-refractivity contribution is 7.90. The van der Waals surface area contributed by atoms with Gasteiger partial charge in [0.2, 0.25) is 0 Å². The molecule has 1 saturated heterocycles. The highest BCUT2D eigenvalue weighted by atomic mass is 32.2. The van der Waals surface area contributed by atoms with E-state index in [2.05, 4.69) is 5.32 Å². The molecule has 0 amide bonds. The van der Waals surface area contributed by atoms with Crippen LogP contribution in [0.5, 0.6) is 0 Å². The lowest BCUT2D eigenvalue weighted by atomic mass is 9.89. The molecule has 1 aromatic carbocycles. The van der Waals surface area contributed by atoms with Crippen LogP contribution in [0.25, 0.3) is 0 Å². The molecule has 1 fully saturated rings. The summed E-state index contributed by atoms with van der Waals surface area (Å²) in [5, 5.41) is 3.11. The minimum Gasteiger partial charge on any atom is -0.317 e. The Morgan fingerprint density at radius 3 is 2.39 bits per heavy atom. The molecular formula is C12H15F2NO2S. The molecule has 6 heteroatoms. The van der Waals surface area contributed by atoms with Crippen LogP contribution in [0.2, 0.25) is 0 Å². The Labute approximate surface area is 105 Å². The van der Waals surface area contributed by atoms with Crippen molar-refractivity contribution in [2.24, 2.45) is 0 Å². The first-order valence-electron chi connectivity index (χ1n) is 5.80. The number of benzene rings is 1. The van der Waals surface area contributed by atoms with Crippen molar-refractivity contribution in [3.63, 3.8) is 0 Å². The standard InChI is InChI=1S/C12H15F2NO2S/c1-18(16,17)10-3-2-9(13)11(12(10)14)8-4-6-15-7-5-8/h2-3,8,15H,4-7H2,1H3. The molecule has 0 aliphatic carbocycles. The second-order valence-corrected chi connectivity index (χ2v) is 6.55. The highest BCUT2D eigenvalue weighted by Crippen LogP contribution is 2.32. The summed E-state index contributed by atoms with van der Waals surface area (Å²) in [5.74, 6) is -1.84. The SMILES string of the molecule is CS(=O)(=O)c1ccc(F)c(C2CCNCC2)c1F. The zero-order chi connectivity index (χ0) is 13.3. The fourth-order valence-corrected chi connectivity index (χ4v) is 3.07. The van der Waals surface area contributed by atoms with Gasteiger partial charge in [-0.2, -0.15) is 0 Å². The summed E-state index contributed by atoms with van der Waals surface area (Å²) in [7, 11) is -3.67.